The molecule has 1 atom stereocenters. The SMILES string of the molecule is CCC(NCC(=O)c1ccc2c(c1)B(O)OC2)C(C)(C)C. The van der Waals surface area contributed by atoms with Crippen LogP contribution in [0, 0.1) is 5.41 Å². The first-order valence-corrected chi connectivity index (χ1v) is 7.52. The van der Waals surface area contributed by atoms with Crippen molar-refractivity contribution in [1.82, 2.24) is 5.32 Å². The Morgan fingerprint density at radius 1 is 1.48 bits per heavy atom. The summed E-state index contributed by atoms with van der Waals surface area (Å²) in [6.45, 7) is 9.35. The lowest BCUT2D eigenvalue weighted by Gasteiger charge is -2.30. The smallest absolute Gasteiger partial charge is 0.423 e. The van der Waals surface area contributed by atoms with Gasteiger partial charge in [-0.15, -0.1) is 0 Å². The highest BCUT2D eigenvalue weighted by molar-refractivity contribution is 6.61. The van der Waals surface area contributed by atoms with Crippen molar-refractivity contribution in [2.45, 2.75) is 46.8 Å². The Labute approximate surface area is 127 Å². The molecule has 1 aromatic carbocycles. The topological polar surface area (TPSA) is 58.6 Å². The molecule has 0 spiro atoms. The zero-order valence-electron chi connectivity index (χ0n) is 13.3. The predicted molar refractivity (Wildman–Crippen MR) is 84.7 cm³/mol. The number of ketones is 1. The summed E-state index contributed by atoms with van der Waals surface area (Å²) in [5, 5.41) is 13.0. The molecule has 114 valence electrons. The molecule has 0 fully saturated rings. The van der Waals surface area contributed by atoms with E-state index < -0.39 is 7.12 Å². The van der Waals surface area contributed by atoms with Crippen LogP contribution in [-0.2, 0) is 11.3 Å². The summed E-state index contributed by atoms with van der Waals surface area (Å²) in [4.78, 5) is 12.3. The van der Waals surface area contributed by atoms with Crippen molar-refractivity contribution in [3.63, 3.8) is 0 Å². The van der Waals surface area contributed by atoms with Gasteiger partial charge in [0.15, 0.2) is 5.78 Å². The van der Waals surface area contributed by atoms with Crippen molar-refractivity contribution in [2.24, 2.45) is 5.41 Å². The van der Waals surface area contributed by atoms with Gasteiger partial charge in [-0.05, 0) is 22.9 Å². The number of Topliss-reactive ketones (excluding diaryl/α,β-unsaturated/α-hetero) is 1. The Kier molecular flexibility index (Phi) is 4.86. The number of fused-ring (bicyclic) bond motifs is 1. The first kappa shape index (κ1) is 16.2. The summed E-state index contributed by atoms with van der Waals surface area (Å²) >= 11 is 0. The molecule has 1 heterocycles. The molecular weight excluding hydrogens is 265 g/mol. The zero-order chi connectivity index (χ0) is 15.6. The Morgan fingerprint density at radius 2 is 2.19 bits per heavy atom. The minimum atomic E-state index is -0.904. The van der Waals surface area contributed by atoms with E-state index >= 15 is 0 Å². The summed E-state index contributed by atoms with van der Waals surface area (Å²) in [7, 11) is -0.904. The number of hydrogen-bond donors (Lipinski definition) is 2. The summed E-state index contributed by atoms with van der Waals surface area (Å²) in [5.74, 6) is 0.0413. The van der Waals surface area contributed by atoms with Crippen molar-refractivity contribution < 1.29 is 14.5 Å². The summed E-state index contributed by atoms with van der Waals surface area (Å²) in [6.07, 6.45) is 0.980. The Morgan fingerprint density at radius 3 is 2.81 bits per heavy atom. The predicted octanol–water partition coefficient (Wildman–Crippen LogP) is 1.50. The molecule has 1 aromatic rings. The summed E-state index contributed by atoms with van der Waals surface area (Å²) in [5.41, 5.74) is 2.41. The van der Waals surface area contributed by atoms with Gasteiger partial charge in [0.25, 0.3) is 0 Å². The maximum Gasteiger partial charge on any atom is 0.491 e. The molecule has 1 aliphatic heterocycles. The van der Waals surface area contributed by atoms with E-state index in [1.165, 1.54) is 0 Å². The molecular formula is C16H24BNO3. The highest BCUT2D eigenvalue weighted by Crippen LogP contribution is 2.21. The number of carbonyl (C=O) groups excluding carboxylic acids is 1. The minimum Gasteiger partial charge on any atom is -0.423 e. The Bertz CT molecular complexity index is 525. The highest BCUT2D eigenvalue weighted by atomic mass is 16.5. The molecule has 0 radical (unpaired) electrons. The second-order valence-corrected chi connectivity index (χ2v) is 6.71. The van der Waals surface area contributed by atoms with Gasteiger partial charge in [0.1, 0.15) is 0 Å². The average molecular weight is 289 g/mol. The van der Waals surface area contributed by atoms with Crippen molar-refractivity contribution >= 4 is 18.4 Å². The maximum atomic E-state index is 12.3. The third kappa shape index (κ3) is 3.73. The van der Waals surface area contributed by atoms with Gasteiger partial charge in [0.05, 0.1) is 13.2 Å². The summed E-state index contributed by atoms with van der Waals surface area (Å²) < 4.78 is 5.15. The Hall–Kier alpha value is -1.17. The fraction of sp³-hybridized carbons (Fsp3) is 0.562. The van der Waals surface area contributed by atoms with Gasteiger partial charge in [-0.3, -0.25) is 4.79 Å². The van der Waals surface area contributed by atoms with Crippen LogP contribution in [0.15, 0.2) is 18.2 Å². The molecule has 4 nitrogen and oxygen atoms in total. The molecule has 2 N–H and O–H groups in total. The molecule has 0 bridgehead atoms. The quantitative estimate of drug-likeness (QED) is 0.637. The van der Waals surface area contributed by atoms with E-state index in [1.54, 1.807) is 6.07 Å². The number of carbonyl (C=O) groups is 1. The third-order valence-electron chi connectivity index (χ3n) is 4.09. The van der Waals surface area contributed by atoms with Gasteiger partial charge in [0.2, 0.25) is 0 Å². The van der Waals surface area contributed by atoms with Gasteiger partial charge in [-0.25, -0.2) is 0 Å². The average Bonchev–Trinajstić information content (AvgIpc) is 2.79. The molecule has 0 saturated carbocycles. The largest absolute Gasteiger partial charge is 0.491 e. The van der Waals surface area contributed by atoms with E-state index in [9.17, 15) is 9.82 Å². The van der Waals surface area contributed by atoms with Gasteiger partial charge < -0.3 is 15.0 Å². The van der Waals surface area contributed by atoms with Crippen LogP contribution in [0.4, 0.5) is 0 Å². The summed E-state index contributed by atoms with van der Waals surface area (Å²) in [6, 6.07) is 5.71. The van der Waals surface area contributed by atoms with Crippen LogP contribution in [0.5, 0.6) is 0 Å². The lowest BCUT2D eigenvalue weighted by atomic mass is 9.78. The molecule has 0 aromatic heterocycles. The van der Waals surface area contributed by atoms with E-state index in [4.69, 9.17) is 4.65 Å². The standard InChI is InChI=1S/C16H24BNO3/c1-5-15(16(2,3)4)18-9-14(19)11-6-7-12-10-21-17(20)13(12)8-11/h6-8,15,18,20H,5,9-10H2,1-4H3. The molecule has 2 rings (SSSR count). The van der Waals surface area contributed by atoms with E-state index in [-0.39, 0.29) is 11.2 Å². The molecule has 0 saturated heterocycles. The first-order valence-electron chi connectivity index (χ1n) is 7.52. The first-order chi connectivity index (χ1) is 9.82. The second-order valence-electron chi connectivity index (χ2n) is 6.71. The van der Waals surface area contributed by atoms with Crippen LogP contribution in [0.3, 0.4) is 0 Å². The van der Waals surface area contributed by atoms with Gasteiger partial charge >= 0.3 is 7.12 Å². The van der Waals surface area contributed by atoms with E-state index in [0.29, 0.717) is 30.2 Å². The lowest BCUT2D eigenvalue weighted by molar-refractivity contribution is 0.0978. The number of nitrogens with one attached hydrogen (secondary N) is 1. The highest BCUT2D eigenvalue weighted by Gasteiger charge is 2.28. The third-order valence-corrected chi connectivity index (χ3v) is 4.09. The van der Waals surface area contributed by atoms with Crippen LogP contribution < -0.4 is 10.8 Å². The van der Waals surface area contributed by atoms with Crippen molar-refractivity contribution in [3.8, 4) is 0 Å². The Balaban J connectivity index is 2.03. The van der Waals surface area contributed by atoms with Gasteiger partial charge in [0, 0.05) is 11.6 Å². The van der Waals surface area contributed by atoms with Crippen LogP contribution in [-0.4, -0.2) is 30.5 Å². The minimum absolute atomic E-state index is 0.0413. The van der Waals surface area contributed by atoms with Crippen LogP contribution in [0.1, 0.15) is 50.0 Å². The van der Waals surface area contributed by atoms with Gasteiger partial charge in [-0.1, -0.05) is 45.9 Å². The maximum absolute atomic E-state index is 12.3. The van der Waals surface area contributed by atoms with Crippen molar-refractivity contribution in [3.05, 3.63) is 29.3 Å². The molecule has 5 heteroatoms. The molecule has 1 unspecified atom stereocenters. The van der Waals surface area contributed by atoms with Crippen LogP contribution in [0.25, 0.3) is 0 Å². The monoisotopic (exact) mass is 289 g/mol. The fourth-order valence-corrected chi connectivity index (χ4v) is 2.77. The van der Waals surface area contributed by atoms with E-state index in [1.807, 2.05) is 12.1 Å². The van der Waals surface area contributed by atoms with Gasteiger partial charge in [-0.2, -0.15) is 0 Å². The number of rotatable bonds is 5. The molecule has 0 aliphatic carbocycles. The molecule has 21 heavy (non-hydrogen) atoms. The lowest BCUT2D eigenvalue weighted by Crippen LogP contribution is -2.42. The van der Waals surface area contributed by atoms with Crippen LogP contribution in [0.2, 0.25) is 0 Å². The van der Waals surface area contributed by atoms with Crippen LogP contribution >= 0.6 is 0 Å². The van der Waals surface area contributed by atoms with E-state index in [0.717, 1.165) is 12.0 Å². The second kappa shape index (κ2) is 6.30. The number of benzene rings is 1. The molecule has 0 amide bonds. The normalized spacial score (nSPS) is 16.0. The number of hydrogen-bond acceptors (Lipinski definition) is 4. The van der Waals surface area contributed by atoms with E-state index in [2.05, 4.69) is 33.0 Å². The van der Waals surface area contributed by atoms with Crippen molar-refractivity contribution in [2.75, 3.05) is 6.54 Å². The van der Waals surface area contributed by atoms with Crippen molar-refractivity contribution in [1.29, 1.82) is 0 Å². The molecule has 1 aliphatic rings. The fourth-order valence-electron chi connectivity index (χ4n) is 2.77. The zero-order valence-corrected chi connectivity index (χ0v) is 13.3.